The minimum atomic E-state index is -1.28. The predicted octanol–water partition coefficient (Wildman–Crippen LogP) is 5.01. The van der Waals surface area contributed by atoms with Crippen molar-refractivity contribution in [2.75, 3.05) is 26.4 Å². The Bertz CT molecular complexity index is 1440. The summed E-state index contributed by atoms with van der Waals surface area (Å²) >= 11 is 0. The summed E-state index contributed by atoms with van der Waals surface area (Å²) in [6.07, 6.45) is 0.194. The van der Waals surface area contributed by atoms with Gasteiger partial charge in [-0.15, -0.1) is 0 Å². The van der Waals surface area contributed by atoms with Crippen molar-refractivity contribution < 1.29 is 32.4 Å². The number of aromatic nitrogens is 2. The van der Waals surface area contributed by atoms with Crippen LogP contribution in [0.4, 0.5) is 8.78 Å². The number of rotatable bonds is 9. The highest BCUT2D eigenvalue weighted by molar-refractivity contribution is 5.81. The molecule has 1 aromatic heterocycles. The lowest BCUT2D eigenvalue weighted by molar-refractivity contribution is -0.156. The Kier molecular flexibility index (Phi) is 9.32. The van der Waals surface area contributed by atoms with E-state index in [4.69, 9.17) is 14.0 Å². The fraction of sp³-hybridized carbons (Fsp3) is 0.433. The molecule has 0 spiro atoms. The van der Waals surface area contributed by atoms with Crippen molar-refractivity contribution in [1.29, 1.82) is 5.26 Å². The predicted molar refractivity (Wildman–Crippen MR) is 145 cm³/mol. The lowest BCUT2D eigenvalue weighted by Gasteiger charge is -2.22. The van der Waals surface area contributed by atoms with Crippen LogP contribution in [0.25, 0.3) is 22.8 Å². The second-order valence-electron chi connectivity index (χ2n) is 10.7. The number of carbonyl (C=O) groups excluding carboxylic acids is 2. The number of ether oxygens (including phenoxy) is 2. The van der Waals surface area contributed by atoms with Gasteiger partial charge in [0, 0.05) is 30.6 Å². The Labute approximate surface area is 237 Å². The fourth-order valence-corrected chi connectivity index (χ4v) is 4.47. The Hall–Kier alpha value is -4.33. The first kappa shape index (κ1) is 29.6. The smallest absolute Gasteiger partial charge is 0.306 e. The molecule has 41 heavy (non-hydrogen) atoms. The van der Waals surface area contributed by atoms with Gasteiger partial charge in [-0.3, -0.25) is 9.59 Å². The molecule has 0 fully saturated rings. The Morgan fingerprint density at radius 2 is 1.76 bits per heavy atom. The van der Waals surface area contributed by atoms with Gasteiger partial charge < -0.3 is 18.9 Å². The molecular formula is C30H32F2N4O5. The number of esters is 1. The summed E-state index contributed by atoms with van der Waals surface area (Å²) in [6.45, 7) is 4.44. The van der Waals surface area contributed by atoms with Crippen molar-refractivity contribution >= 4 is 11.9 Å². The summed E-state index contributed by atoms with van der Waals surface area (Å²) in [6, 6.07) is 12.3. The SMILES string of the molecule is CC(C)(C)OC(=O)CCC(=O)N1CCc2ccc(-c3noc(-c4ccc(OC(CF)CF)c(C#N)c4)n3)cc2CC1. The van der Waals surface area contributed by atoms with E-state index >= 15 is 0 Å². The second-order valence-corrected chi connectivity index (χ2v) is 10.7. The molecule has 0 atom stereocenters. The zero-order valence-corrected chi connectivity index (χ0v) is 23.3. The maximum absolute atomic E-state index is 12.9. The summed E-state index contributed by atoms with van der Waals surface area (Å²) in [5, 5.41) is 13.6. The molecule has 0 radical (unpaired) electrons. The largest absolute Gasteiger partial charge is 0.484 e. The third-order valence-electron chi connectivity index (χ3n) is 6.49. The first-order valence-electron chi connectivity index (χ1n) is 13.4. The van der Waals surface area contributed by atoms with E-state index in [0.717, 1.165) is 16.7 Å². The van der Waals surface area contributed by atoms with Crippen molar-refractivity contribution in [3.63, 3.8) is 0 Å². The summed E-state index contributed by atoms with van der Waals surface area (Å²) in [5.41, 5.74) is 2.88. The van der Waals surface area contributed by atoms with Crippen LogP contribution in [0.1, 0.15) is 50.3 Å². The molecule has 0 N–H and O–H groups in total. The van der Waals surface area contributed by atoms with Crippen molar-refractivity contribution in [3.05, 3.63) is 53.1 Å². The average Bonchev–Trinajstić information content (AvgIpc) is 3.34. The maximum atomic E-state index is 12.9. The minimum Gasteiger partial charge on any atom is -0.484 e. The van der Waals surface area contributed by atoms with E-state index in [1.807, 2.05) is 24.3 Å². The molecular weight excluding hydrogens is 534 g/mol. The molecule has 1 aliphatic rings. The molecule has 0 saturated carbocycles. The van der Waals surface area contributed by atoms with Gasteiger partial charge in [0.1, 0.15) is 30.8 Å². The van der Waals surface area contributed by atoms with Gasteiger partial charge in [-0.05, 0) is 69.0 Å². The normalized spacial score (nSPS) is 13.3. The molecule has 1 amide bonds. The van der Waals surface area contributed by atoms with E-state index in [-0.39, 0.29) is 41.9 Å². The van der Waals surface area contributed by atoms with Crippen LogP contribution in [0.2, 0.25) is 0 Å². The Morgan fingerprint density at radius 3 is 2.44 bits per heavy atom. The first-order valence-corrected chi connectivity index (χ1v) is 13.4. The first-order chi connectivity index (χ1) is 19.6. The van der Waals surface area contributed by atoms with Crippen LogP contribution >= 0.6 is 0 Å². The zero-order valence-electron chi connectivity index (χ0n) is 23.3. The van der Waals surface area contributed by atoms with Gasteiger partial charge in [-0.1, -0.05) is 17.3 Å². The van der Waals surface area contributed by atoms with Crippen LogP contribution < -0.4 is 4.74 Å². The van der Waals surface area contributed by atoms with E-state index in [2.05, 4.69) is 10.1 Å². The molecule has 0 aliphatic carbocycles. The molecule has 2 aromatic carbocycles. The highest BCUT2D eigenvalue weighted by atomic mass is 19.1. The molecule has 1 aliphatic heterocycles. The van der Waals surface area contributed by atoms with Gasteiger partial charge in [-0.2, -0.15) is 10.2 Å². The third kappa shape index (κ3) is 7.66. The summed E-state index contributed by atoms with van der Waals surface area (Å²) in [7, 11) is 0. The van der Waals surface area contributed by atoms with E-state index in [9.17, 15) is 23.6 Å². The van der Waals surface area contributed by atoms with Gasteiger partial charge in [0.25, 0.3) is 5.89 Å². The number of halogens is 2. The molecule has 0 saturated heterocycles. The number of nitriles is 1. The quantitative estimate of drug-likeness (QED) is 0.332. The molecule has 2 heterocycles. The van der Waals surface area contributed by atoms with Crippen molar-refractivity contribution in [1.82, 2.24) is 15.0 Å². The van der Waals surface area contributed by atoms with Crippen LogP contribution in [-0.2, 0) is 27.2 Å². The van der Waals surface area contributed by atoms with Crippen LogP contribution in [0.3, 0.4) is 0 Å². The van der Waals surface area contributed by atoms with Gasteiger partial charge in [-0.25, -0.2) is 8.78 Å². The van der Waals surface area contributed by atoms with E-state index < -0.39 is 25.1 Å². The maximum Gasteiger partial charge on any atom is 0.306 e. The standard InChI is InChI=1S/C30H32F2N4O5/c1-30(2,3)40-27(38)9-8-26(37)36-12-10-19-4-5-21(14-20(19)11-13-36)28-34-29(41-35-28)22-6-7-25(23(15-22)18-33)39-24(16-31)17-32/h4-7,14-15,24H,8-13,16-17H2,1-3H3. The molecule has 3 aromatic rings. The van der Waals surface area contributed by atoms with Crippen LogP contribution in [0, 0.1) is 11.3 Å². The van der Waals surface area contributed by atoms with Gasteiger partial charge >= 0.3 is 5.97 Å². The van der Waals surface area contributed by atoms with Gasteiger partial charge in [0.15, 0.2) is 6.10 Å². The summed E-state index contributed by atoms with van der Waals surface area (Å²) in [4.78, 5) is 31.0. The third-order valence-corrected chi connectivity index (χ3v) is 6.49. The number of benzene rings is 2. The number of amides is 1. The molecule has 0 bridgehead atoms. The lowest BCUT2D eigenvalue weighted by Crippen LogP contribution is -2.34. The van der Waals surface area contributed by atoms with Crippen molar-refractivity contribution in [3.8, 4) is 34.7 Å². The van der Waals surface area contributed by atoms with Gasteiger partial charge in [0.05, 0.1) is 12.0 Å². The summed E-state index contributed by atoms with van der Waals surface area (Å²) < 4.78 is 41.7. The minimum absolute atomic E-state index is 0.0469. The van der Waals surface area contributed by atoms with Crippen LogP contribution in [0.15, 0.2) is 40.9 Å². The van der Waals surface area contributed by atoms with E-state index in [0.29, 0.717) is 37.3 Å². The Morgan fingerprint density at radius 1 is 1.05 bits per heavy atom. The van der Waals surface area contributed by atoms with Gasteiger partial charge in [0.2, 0.25) is 11.7 Å². The number of carbonyl (C=O) groups is 2. The Balaban J connectivity index is 1.42. The van der Waals surface area contributed by atoms with E-state index in [1.165, 1.54) is 12.1 Å². The monoisotopic (exact) mass is 566 g/mol. The lowest BCUT2D eigenvalue weighted by atomic mass is 10.00. The molecule has 216 valence electrons. The highest BCUT2D eigenvalue weighted by Crippen LogP contribution is 2.29. The number of hydrogen-bond acceptors (Lipinski definition) is 8. The number of fused-ring (bicyclic) bond motifs is 1. The molecule has 0 unspecified atom stereocenters. The highest BCUT2D eigenvalue weighted by Gasteiger charge is 2.23. The number of hydrogen-bond donors (Lipinski definition) is 0. The molecule has 11 heteroatoms. The molecule has 9 nitrogen and oxygen atoms in total. The van der Waals surface area contributed by atoms with Crippen LogP contribution in [0.5, 0.6) is 5.75 Å². The van der Waals surface area contributed by atoms with Crippen molar-refractivity contribution in [2.24, 2.45) is 0 Å². The summed E-state index contributed by atoms with van der Waals surface area (Å²) in [5.74, 6) is 0.131. The number of alkyl halides is 2. The van der Waals surface area contributed by atoms with Crippen molar-refractivity contribution in [2.45, 2.75) is 58.2 Å². The molecule has 4 rings (SSSR count). The second kappa shape index (κ2) is 12.9. The average molecular weight is 567 g/mol. The number of nitrogens with zero attached hydrogens (tertiary/aromatic N) is 4. The van der Waals surface area contributed by atoms with E-state index in [1.54, 1.807) is 31.7 Å². The topological polar surface area (TPSA) is 119 Å². The zero-order chi connectivity index (χ0) is 29.6. The fourth-order valence-electron chi connectivity index (χ4n) is 4.47. The van der Waals surface area contributed by atoms with Crippen LogP contribution in [-0.4, -0.2) is 65.1 Å².